The van der Waals surface area contributed by atoms with Crippen LogP contribution in [-0.2, 0) is 4.79 Å². The molecule has 5 nitrogen and oxygen atoms in total. The third-order valence-corrected chi connectivity index (χ3v) is 3.55. The number of carbonyl (C=O) groups excluding carboxylic acids is 1. The fourth-order valence-electron chi connectivity index (χ4n) is 2.21. The summed E-state index contributed by atoms with van der Waals surface area (Å²) in [6, 6.07) is 15.4. The van der Waals surface area contributed by atoms with Crippen molar-refractivity contribution in [2.75, 3.05) is 26.1 Å². The molecule has 2 rings (SSSR count). The van der Waals surface area contributed by atoms with E-state index in [1.807, 2.05) is 37.3 Å². The Hall–Kier alpha value is -2.53. The third kappa shape index (κ3) is 4.72. The number of nitrogens with one attached hydrogen (secondary N) is 2. The Morgan fingerprint density at radius 1 is 1.09 bits per heavy atom. The van der Waals surface area contributed by atoms with E-state index >= 15 is 0 Å². The highest BCUT2D eigenvalue weighted by Crippen LogP contribution is 2.28. The van der Waals surface area contributed by atoms with Crippen LogP contribution in [0.25, 0.3) is 0 Å². The van der Waals surface area contributed by atoms with Crippen LogP contribution in [0.1, 0.15) is 18.5 Å². The molecule has 0 bridgehead atoms. The van der Waals surface area contributed by atoms with E-state index in [0.717, 1.165) is 5.56 Å². The summed E-state index contributed by atoms with van der Waals surface area (Å²) in [5, 5.41) is 6.04. The third-order valence-electron chi connectivity index (χ3n) is 3.55. The first-order valence-electron chi connectivity index (χ1n) is 7.44. The molecule has 0 aliphatic carbocycles. The molecule has 0 spiro atoms. The second kappa shape index (κ2) is 8.19. The number of hydrogen-bond donors (Lipinski definition) is 2. The number of amides is 1. The summed E-state index contributed by atoms with van der Waals surface area (Å²) >= 11 is 0. The van der Waals surface area contributed by atoms with Gasteiger partial charge in [0, 0.05) is 12.1 Å². The molecule has 2 aromatic carbocycles. The lowest BCUT2D eigenvalue weighted by Gasteiger charge is -2.15. The molecule has 2 N–H and O–H groups in total. The van der Waals surface area contributed by atoms with Crippen LogP contribution >= 0.6 is 0 Å². The van der Waals surface area contributed by atoms with E-state index in [2.05, 4.69) is 10.6 Å². The molecule has 0 aliphatic rings. The summed E-state index contributed by atoms with van der Waals surface area (Å²) in [5.74, 6) is 1.11. The highest BCUT2D eigenvalue weighted by molar-refractivity contribution is 5.94. The zero-order valence-electron chi connectivity index (χ0n) is 13.6. The highest BCUT2D eigenvalue weighted by Gasteiger charge is 2.11. The summed E-state index contributed by atoms with van der Waals surface area (Å²) < 4.78 is 10.4. The van der Waals surface area contributed by atoms with Crippen molar-refractivity contribution < 1.29 is 14.3 Å². The van der Waals surface area contributed by atoms with E-state index in [9.17, 15) is 4.79 Å². The van der Waals surface area contributed by atoms with E-state index in [1.165, 1.54) is 0 Å². The van der Waals surface area contributed by atoms with Gasteiger partial charge in [-0.25, -0.2) is 0 Å². The van der Waals surface area contributed by atoms with Crippen LogP contribution in [0.5, 0.6) is 11.5 Å². The predicted molar refractivity (Wildman–Crippen MR) is 91.0 cm³/mol. The molecule has 0 heterocycles. The Kier molecular flexibility index (Phi) is 6.00. The maximum absolute atomic E-state index is 12.1. The average molecular weight is 314 g/mol. The quantitative estimate of drug-likeness (QED) is 0.825. The van der Waals surface area contributed by atoms with E-state index < -0.39 is 0 Å². The van der Waals surface area contributed by atoms with Crippen LogP contribution in [0.4, 0.5) is 5.69 Å². The van der Waals surface area contributed by atoms with Crippen molar-refractivity contribution in [3.05, 3.63) is 54.1 Å². The monoisotopic (exact) mass is 314 g/mol. The molecule has 0 fully saturated rings. The lowest BCUT2D eigenvalue weighted by Crippen LogP contribution is -2.30. The average Bonchev–Trinajstić information content (AvgIpc) is 2.60. The van der Waals surface area contributed by atoms with Crippen LogP contribution < -0.4 is 20.1 Å². The first kappa shape index (κ1) is 16.8. The van der Waals surface area contributed by atoms with Gasteiger partial charge in [0.05, 0.1) is 26.5 Å². The molecule has 5 heteroatoms. The van der Waals surface area contributed by atoms with Gasteiger partial charge in [-0.2, -0.15) is 0 Å². The standard InChI is InChI=1S/C18H22N2O3/c1-13(14-7-5-4-6-8-14)19-12-18(21)20-16-11-15(22-2)9-10-17(16)23-3/h4-11,13,19H,12H2,1-3H3,(H,20,21). The van der Waals surface area contributed by atoms with Gasteiger partial charge in [-0.1, -0.05) is 30.3 Å². The van der Waals surface area contributed by atoms with Crippen LogP contribution in [0.3, 0.4) is 0 Å². The summed E-state index contributed by atoms with van der Waals surface area (Å²) in [6.07, 6.45) is 0. The lowest BCUT2D eigenvalue weighted by atomic mass is 10.1. The molecular formula is C18H22N2O3. The number of anilines is 1. The smallest absolute Gasteiger partial charge is 0.238 e. The molecule has 0 radical (unpaired) electrons. The van der Waals surface area contributed by atoms with Gasteiger partial charge >= 0.3 is 0 Å². The summed E-state index contributed by atoms with van der Waals surface area (Å²) in [6.45, 7) is 2.23. The predicted octanol–water partition coefficient (Wildman–Crippen LogP) is 2.99. The minimum Gasteiger partial charge on any atom is -0.497 e. The van der Waals surface area contributed by atoms with Gasteiger partial charge in [0.2, 0.25) is 5.91 Å². The Morgan fingerprint density at radius 2 is 1.83 bits per heavy atom. The largest absolute Gasteiger partial charge is 0.497 e. The Bertz CT molecular complexity index is 644. The number of benzene rings is 2. The number of methoxy groups -OCH3 is 2. The SMILES string of the molecule is COc1ccc(OC)c(NC(=O)CNC(C)c2ccccc2)c1. The van der Waals surface area contributed by atoms with Gasteiger partial charge < -0.3 is 20.1 Å². The molecule has 1 atom stereocenters. The van der Waals surface area contributed by atoms with Crippen molar-refractivity contribution in [1.29, 1.82) is 0 Å². The number of carbonyl (C=O) groups is 1. The van der Waals surface area contributed by atoms with Gasteiger partial charge in [-0.05, 0) is 24.6 Å². The minimum absolute atomic E-state index is 0.0918. The van der Waals surface area contributed by atoms with E-state index in [1.54, 1.807) is 32.4 Å². The molecule has 23 heavy (non-hydrogen) atoms. The van der Waals surface area contributed by atoms with Gasteiger partial charge in [-0.15, -0.1) is 0 Å². The fourth-order valence-corrected chi connectivity index (χ4v) is 2.21. The first-order valence-corrected chi connectivity index (χ1v) is 7.44. The van der Waals surface area contributed by atoms with Crippen LogP contribution in [0.2, 0.25) is 0 Å². The van der Waals surface area contributed by atoms with Crippen molar-refractivity contribution in [2.45, 2.75) is 13.0 Å². The maximum Gasteiger partial charge on any atom is 0.238 e. The van der Waals surface area contributed by atoms with Crippen molar-refractivity contribution >= 4 is 11.6 Å². The molecule has 0 saturated carbocycles. The highest BCUT2D eigenvalue weighted by atomic mass is 16.5. The zero-order valence-corrected chi connectivity index (χ0v) is 13.6. The van der Waals surface area contributed by atoms with Gasteiger partial charge in [0.25, 0.3) is 0 Å². The first-order chi connectivity index (χ1) is 11.1. The molecule has 0 aromatic heterocycles. The van der Waals surface area contributed by atoms with E-state index in [0.29, 0.717) is 17.2 Å². The van der Waals surface area contributed by atoms with Crippen molar-refractivity contribution in [3.63, 3.8) is 0 Å². The molecular weight excluding hydrogens is 292 g/mol. The molecule has 0 saturated heterocycles. The minimum atomic E-state index is -0.140. The summed E-state index contributed by atoms with van der Waals surface area (Å²) in [4.78, 5) is 12.1. The molecule has 2 aromatic rings. The van der Waals surface area contributed by atoms with Crippen molar-refractivity contribution in [1.82, 2.24) is 5.32 Å². The fraction of sp³-hybridized carbons (Fsp3) is 0.278. The molecule has 1 amide bonds. The van der Waals surface area contributed by atoms with E-state index in [-0.39, 0.29) is 18.5 Å². The van der Waals surface area contributed by atoms with Gasteiger partial charge in [-0.3, -0.25) is 4.79 Å². The van der Waals surface area contributed by atoms with Crippen LogP contribution in [-0.4, -0.2) is 26.7 Å². The van der Waals surface area contributed by atoms with E-state index in [4.69, 9.17) is 9.47 Å². The second-order valence-electron chi connectivity index (χ2n) is 5.13. The van der Waals surface area contributed by atoms with Crippen LogP contribution in [0, 0.1) is 0 Å². The molecule has 0 aliphatic heterocycles. The topological polar surface area (TPSA) is 59.6 Å². The Balaban J connectivity index is 1.94. The number of rotatable bonds is 7. The number of hydrogen-bond acceptors (Lipinski definition) is 4. The van der Waals surface area contributed by atoms with Gasteiger partial charge in [0.15, 0.2) is 0 Å². The Morgan fingerprint density at radius 3 is 2.48 bits per heavy atom. The van der Waals surface area contributed by atoms with Crippen molar-refractivity contribution in [3.8, 4) is 11.5 Å². The Labute approximate surface area is 136 Å². The summed E-state index contributed by atoms with van der Waals surface area (Å²) in [7, 11) is 3.14. The summed E-state index contributed by atoms with van der Waals surface area (Å²) in [5.41, 5.74) is 1.73. The maximum atomic E-state index is 12.1. The zero-order chi connectivity index (χ0) is 16.7. The van der Waals surface area contributed by atoms with Gasteiger partial charge in [0.1, 0.15) is 11.5 Å². The second-order valence-corrected chi connectivity index (χ2v) is 5.13. The normalized spacial score (nSPS) is 11.6. The number of ether oxygens (including phenoxy) is 2. The van der Waals surface area contributed by atoms with Crippen molar-refractivity contribution in [2.24, 2.45) is 0 Å². The molecule has 1 unspecified atom stereocenters. The lowest BCUT2D eigenvalue weighted by molar-refractivity contribution is -0.115. The van der Waals surface area contributed by atoms with Crippen LogP contribution in [0.15, 0.2) is 48.5 Å². The molecule has 122 valence electrons.